The van der Waals surface area contributed by atoms with Crippen LogP contribution in [-0.2, 0) is 14.6 Å². The van der Waals surface area contributed by atoms with E-state index in [0.717, 1.165) is 49.2 Å². The van der Waals surface area contributed by atoms with E-state index in [-0.39, 0.29) is 22.6 Å². The molecule has 4 rings (SSSR count). The van der Waals surface area contributed by atoms with Crippen molar-refractivity contribution >= 4 is 32.4 Å². The largest absolute Gasteiger partial charge is 0.480 e. The summed E-state index contributed by atoms with van der Waals surface area (Å²) < 4.78 is 47.4. The molecule has 2 fully saturated rings. The van der Waals surface area contributed by atoms with Crippen molar-refractivity contribution in [2.75, 3.05) is 30.8 Å². The van der Waals surface area contributed by atoms with Crippen molar-refractivity contribution in [2.45, 2.75) is 56.1 Å². The molecule has 0 spiro atoms. The molecule has 0 saturated carbocycles. The molecule has 0 radical (unpaired) electrons. The van der Waals surface area contributed by atoms with Gasteiger partial charge in [-0.1, -0.05) is 13.8 Å². The maximum absolute atomic E-state index is 14.1. The standard InChI is InChI=1S/C21H27FN4O4S2/c1-13(2)19-23-21(31-24-19)25-9-6-14(7-10-25)26-11-8-17(20(26)27)30-15-4-5-18(16(22)12-15)32(3,28)29/h4-5,12-14,17H,6-11H2,1-3H3/t17-/m0/s1. The summed E-state index contributed by atoms with van der Waals surface area (Å²) in [4.78, 5) is 21.3. The lowest BCUT2D eigenvalue weighted by Gasteiger charge is -2.36. The van der Waals surface area contributed by atoms with Gasteiger partial charge in [0, 0.05) is 61.9 Å². The second-order valence-corrected chi connectivity index (χ2v) is 11.3. The van der Waals surface area contributed by atoms with E-state index in [9.17, 15) is 17.6 Å². The fourth-order valence-corrected chi connectivity index (χ4v) is 5.71. The predicted octanol–water partition coefficient (Wildman–Crippen LogP) is 2.85. The topological polar surface area (TPSA) is 92.7 Å². The highest BCUT2D eigenvalue weighted by atomic mass is 32.2. The molecule has 2 aromatic rings. The third-order valence-corrected chi connectivity index (χ3v) is 7.82. The van der Waals surface area contributed by atoms with Crippen molar-refractivity contribution in [1.29, 1.82) is 0 Å². The molecule has 11 heteroatoms. The second-order valence-electron chi connectivity index (χ2n) is 8.60. The summed E-state index contributed by atoms with van der Waals surface area (Å²) >= 11 is 1.42. The highest BCUT2D eigenvalue weighted by Gasteiger charge is 2.39. The van der Waals surface area contributed by atoms with Crippen LogP contribution >= 0.6 is 11.5 Å². The number of anilines is 1. The van der Waals surface area contributed by atoms with Crippen molar-refractivity contribution in [3.63, 3.8) is 0 Å². The highest BCUT2D eigenvalue weighted by Crippen LogP contribution is 2.29. The number of rotatable bonds is 6. The predicted molar refractivity (Wildman–Crippen MR) is 119 cm³/mol. The van der Waals surface area contributed by atoms with Gasteiger partial charge in [0.15, 0.2) is 15.9 Å². The first kappa shape index (κ1) is 22.9. The molecule has 1 atom stereocenters. The third kappa shape index (κ3) is 4.73. The first-order valence-corrected chi connectivity index (χ1v) is 13.3. The van der Waals surface area contributed by atoms with Crippen molar-refractivity contribution < 1.29 is 22.3 Å². The summed E-state index contributed by atoms with van der Waals surface area (Å²) in [6.45, 7) is 6.36. The molecular weight excluding hydrogens is 455 g/mol. The molecule has 0 bridgehead atoms. The van der Waals surface area contributed by atoms with Gasteiger partial charge >= 0.3 is 0 Å². The summed E-state index contributed by atoms with van der Waals surface area (Å²) in [6, 6.07) is 3.72. The Morgan fingerprint density at radius 2 is 1.91 bits per heavy atom. The number of amides is 1. The quantitative estimate of drug-likeness (QED) is 0.625. The number of hydrogen-bond donors (Lipinski definition) is 0. The molecule has 8 nitrogen and oxygen atoms in total. The monoisotopic (exact) mass is 482 g/mol. The first-order valence-electron chi connectivity index (χ1n) is 10.7. The number of aromatic nitrogens is 2. The Morgan fingerprint density at radius 3 is 2.50 bits per heavy atom. The Labute approximate surface area is 191 Å². The number of nitrogens with zero attached hydrogens (tertiary/aromatic N) is 4. The molecule has 0 aliphatic carbocycles. The molecule has 1 amide bonds. The molecule has 2 aliphatic rings. The summed E-state index contributed by atoms with van der Waals surface area (Å²) in [5, 5.41) is 0.931. The van der Waals surface area contributed by atoms with E-state index in [1.54, 1.807) is 0 Å². The van der Waals surface area contributed by atoms with Crippen molar-refractivity contribution in [3.8, 4) is 5.75 Å². The zero-order valence-electron chi connectivity index (χ0n) is 18.3. The smallest absolute Gasteiger partial charge is 0.263 e. The van der Waals surface area contributed by atoms with Gasteiger partial charge in [-0.05, 0) is 25.0 Å². The van der Waals surface area contributed by atoms with E-state index in [1.807, 2.05) is 4.90 Å². The van der Waals surface area contributed by atoms with Crippen LogP contribution in [0.3, 0.4) is 0 Å². The van der Waals surface area contributed by atoms with E-state index < -0.39 is 21.8 Å². The van der Waals surface area contributed by atoms with Crippen LogP contribution in [0.2, 0.25) is 0 Å². The fourth-order valence-electron chi connectivity index (χ4n) is 4.12. The van der Waals surface area contributed by atoms with Crippen LogP contribution < -0.4 is 9.64 Å². The van der Waals surface area contributed by atoms with Crippen LogP contribution in [-0.4, -0.2) is 66.6 Å². The summed E-state index contributed by atoms with van der Waals surface area (Å²) in [6.07, 6.45) is 2.46. The molecule has 2 aliphatic heterocycles. The van der Waals surface area contributed by atoms with Gasteiger partial charge in [-0.3, -0.25) is 4.79 Å². The number of likely N-dealkylation sites (tertiary alicyclic amines) is 1. The minimum absolute atomic E-state index is 0.103. The molecule has 32 heavy (non-hydrogen) atoms. The molecule has 1 aromatic carbocycles. The van der Waals surface area contributed by atoms with Gasteiger partial charge in [-0.2, -0.15) is 4.37 Å². The Kier molecular flexibility index (Phi) is 6.39. The normalized spacial score (nSPS) is 20.4. The minimum Gasteiger partial charge on any atom is -0.480 e. The number of hydrogen-bond acceptors (Lipinski definition) is 8. The molecule has 174 valence electrons. The molecule has 1 aromatic heterocycles. The van der Waals surface area contributed by atoms with Gasteiger partial charge in [-0.15, -0.1) is 0 Å². The number of benzene rings is 1. The number of halogens is 1. The molecule has 2 saturated heterocycles. The fraction of sp³-hybridized carbons (Fsp3) is 0.571. The number of piperidine rings is 1. The molecule has 0 N–H and O–H groups in total. The van der Waals surface area contributed by atoms with Crippen LogP contribution in [0.1, 0.15) is 44.9 Å². The van der Waals surface area contributed by atoms with Crippen LogP contribution in [0, 0.1) is 5.82 Å². The van der Waals surface area contributed by atoms with Crippen molar-refractivity contribution in [3.05, 3.63) is 29.8 Å². The first-order chi connectivity index (χ1) is 15.1. The van der Waals surface area contributed by atoms with E-state index in [0.29, 0.717) is 18.9 Å². The summed E-state index contributed by atoms with van der Waals surface area (Å²) in [5.74, 6) is 0.337. The number of sulfone groups is 1. The highest BCUT2D eigenvalue weighted by molar-refractivity contribution is 7.90. The van der Waals surface area contributed by atoms with Crippen LogP contribution in [0.5, 0.6) is 5.75 Å². The van der Waals surface area contributed by atoms with E-state index in [2.05, 4.69) is 28.1 Å². The van der Waals surface area contributed by atoms with E-state index >= 15 is 0 Å². The number of carbonyl (C=O) groups is 1. The van der Waals surface area contributed by atoms with Crippen LogP contribution in [0.15, 0.2) is 23.1 Å². The second kappa shape index (κ2) is 8.93. The molecular formula is C21H27FN4O4S2. The van der Waals surface area contributed by atoms with Gasteiger partial charge in [-0.25, -0.2) is 17.8 Å². The van der Waals surface area contributed by atoms with Crippen molar-refractivity contribution in [1.82, 2.24) is 14.3 Å². The number of carbonyl (C=O) groups excluding carboxylic acids is 1. The van der Waals surface area contributed by atoms with E-state index in [1.165, 1.54) is 23.7 Å². The van der Waals surface area contributed by atoms with Crippen molar-refractivity contribution in [2.24, 2.45) is 0 Å². The lowest BCUT2D eigenvalue weighted by atomic mass is 10.0. The Bertz CT molecular complexity index is 1100. The lowest BCUT2D eigenvalue weighted by Crippen LogP contribution is -2.47. The molecule has 0 unspecified atom stereocenters. The maximum atomic E-state index is 14.1. The molecule has 3 heterocycles. The van der Waals surface area contributed by atoms with Gasteiger partial charge in [0.05, 0.1) is 0 Å². The summed E-state index contributed by atoms with van der Waals surface area (Å²) in [5.41, 5.74) is 0. The Morgan fingerprint density at radius 1 is 1.19 bits per heavy atom. The average Bonchev–Trinajstić information content (AvgIpc) is 3.35. The lowest BCUT2D eigenvalue weighted by molar-refractivity contribution is -0.135. The Balaban J connectivity index is 1.34. The maximum Gasteiger partial charge on any atom is 0.263 e. The van der Waals surface area contributed by atoms with Gasteiger partial charge in [0.1, 0.15) is 22.3 Å². The average molecular weight is 483 g/mol. The van der Waals surface area contributed by atoms with Gasteiger partial charge < -0.3 is 14.5 Å². The Hall–Kier alpha value is -2.27. The van der Waals surface area contributed by atoms with Gasteiger partial charge in [0.2, 0.25) is 5.13 Å². The SMILES string of the molecule is CC(C)c1nsc(N2CCC(N3CC[C@H](Oc4ccc(S(C)(=O)=O)c(F)c4)C3=O)CC2)n1. The van der Waals surface area contributed by atoms with Crippen LogP contribution in [0.4, 0.5) is 9.52 Å². The van der Waals surface area contributed by atoms with E-state index in [4.69, 9.17) is 4.74 Å². The number of ether oxygens (including phenoxy) is 1. The van der Waals surface area contributed by atoms with Gasteiger partial charge in [0.25, 0.3) is 5.91 Å². The summed E-state index contributed by atoms with van der Waals surface area (Å²) in [7, 11) is -3.66. The minimum atomic E-state index is -3.66. The van der Waals surface area contributed by atoms with Crippen LogP contribution in [0.25, 0.3) is 0 Å². The third-order valence-electron chi connectivity index (χ3n) is 5.90. The zero-order chi connectivity index (χ0) is 23.0. The zero-order valence-corrected chi connectivity index (χ0v) is 20.0.